The molecule has 0 saturated carbocycles. The number of carboxylic acid groups (broad SMARTS) is 1. The van der Waals surface area contributed by atoms with Crippen molar-refractivity contribution < 1.29 is 14.6 Å². The zero-order chi connectivity index (χ0) is 23.6. The predicted molar refractivity (Wildman–Crippen MR) is 127 cm³/mol. The summed E-state index contributed by atoms with van der Waals surface area (Å²) in [7, 11) is 0. The molecule has 0 aromatic heterocycles. The molecule has 7 N–H and O–H groups in total. The van der Waals surface area contributed by atoms with Gasteiger partial charge in [0.15, 0.2) is 5.96 Å². The number of hydrogen-bond donors (Lipinski definition) is 5. The van der Waals surface area contributed by atoms with Gasteiger partial charge in [-0.15, -0.1) is 0 Å². The summed E-state index contributed by atoms with van der Waals surface area (Å²) in [5.74, 6) is -0.116. The van der Waals surface area contributed by atoms with Crippen LogP contribution < -0.4 is 21.1 Å². The summed E-state index contributed by atoms with van der Waals surface area (Å²) in [4.78, 5) is 16.2. The quantitative estimate of drug-likeness (QED) is 0.333. The average molecular weight is 451 g/mol. The molecule has 0 spiro atoms. The minimum Gasteiger partial charge on any atom is -0.492 e. The fourth-order valence-electron chi connectivity index (χ4n) is 4.52. The van der Waals surface area contributed by atoms with E-state index >= 15 is 0 Å². The monoisotopic (exact) mass is 450 g/mol. The Morgan fingerprint density at radius 3 is 2.33 bits per heavy atom. The van der Waals surface area contributed by atoms with Crippen molar-refractivity contribution in [2.75, 3.05) is 31.1 Å². The van der Waals surface area contributed by atoms with Crippen molar-refractivity contribution in [3.05, 3.63) is 59.2 Å². The van der Waals surface area contributed by atoms with Gasteiger partial charge < -0.3 is 31.1 Å². The standard InChI is InChI=1S/C24H30N6O3/c25-21(26)17-1-4-19(5-2-17)29-11-8-24(9-12-29,22(31)32)15-33-20-6-3-16-7-10-30(23(27)28)14-18(16)13-20/h1-6,13H,7-12,14-15H2,(H3,25,26)(H3,27,28)(H,31,32). The van der Waals surface area contributed by atoms with Crippen LogP contribution >= 0.6 is 0 Å². The fourth-order valence-corrected chi connectivity index (χ4v) is 4.52. The van der Waals surface area contributed by atoms with E-state index in [9.17, 15) is 9.90 Å². The molecule has 0 aliphatic carbocycles. The second kappa shape index (κ2) is 9.01. The molecule has 33 heavy (non-hydrogen) atoms. The largest absolute Gasteiger partial charge is 0.492 e. The van der Waals surface area contributed by atoms with Crippen LogP contribution in [-0.4, -0.2) is 54.0 Å². The number of nitrogens with one attached hydrogen (secondary N) is 2. The number of guanidine groups is 1. The molecule has 0 bridgehead atoms. The maximum Gasteiger partial charge on any atom is 0.313 e. The van der Waals surface area contributed by atoms with Crippen molar-refractivity contribution >= 4 is 23.5 Å². The van der Waals surface area contributed by atoms with Crippen molar-refractivity contribution in [1.82, 2.24) is 4.90 Å². The molecule has 0 unspecified atom stereocenters. The first-order valence-corrected chi connectivity index (χ1v) is 11.0. The number of hydrogen-bond acceptors (Lipinski definition) is 5. The molecule has 2 aromatic rings. The van der Waals surface area contributed by atoms with Gasteiger partial charge in [-0.05, 0) is 66.8 Å². The zero-order valence-corrected chi connectivity index (χ0v) is 18.5. The predicted octanol–water partition coefficient (Wildman–Crippen LogP) is 1.97. The fraction of sp³-hybridized carbons (Fsp3) is 0.375. The molecule has 2 heterocycles. The first kappa shape index (κ1) is 22.4. The molecule has 4 rings (SSSR count). The number of aliphatic carboxylic acids is 1. The Morgan fingerprint density at radius 2 is 1.73 bits per heavy atom. The minimum absolute atomic E-state index is 0.0263. The number of anilines is 1. The Labute approximate surface area is 192 Å². The van der Waals surface area contributed by atoms with Crippen LogP contribution in [0.15, 0.2) is 42.5 Å². The smallest absolute Gasteiger partial charge is 0.313 e. The van der Waals surface area contributed by atoms with E-state index in [2.05, 4.69) is 4.90 Å². The van der Waals surface area contributed by atoms with Crippen LogP contribution in [0, 0.1) is 16.2 Å². The van der Waals surface area contributed by atoms with E-state index in [1.54, 1.807) is 0 Å². The van der Waals surface area contributed by atoms with Gasteiger partial charge in [-0.3, -0.25) is 15.6 Å². The number of nitrogen functional groups attached to an aromatic ring is 1. The molecule has 1 saturated heterocycles. The normalized spacial score (nSPS) is 17.2. The van der Waals surface area contributed by atoms with E-state index < -0.39 is 11.4 Å². The molecular weight excluding hydrogens is 420 g/mol. The van der Waals surface area contributed by atoms with Crippen LogP contribution in [0.4, 0.5) is 5.69 Å². The maximum absolute atomic E-state index is 12.2. The number of rotatable bonds is 6. The lowest BCUT2D eigenvalue weighted by atomic mass is 9.79. The number of carboxylic acids is 1. The number of nitrogens with zero attached hydrogens (tertiary/aromatic N) is 2. The number of nitrogens with two attached hydrogens (primary N) is 2. The van der Waals surface area contributed by atoms with E-state index in [1.165, 1.54) is 5.56 Å². The SMILES string of the molecule is N=C(N)c1ccc(N2CCC(COc3ccc4c(c3)CN(C(=N)N)CC4)(C(=O)O)CC2)cc1. The molecule has 2 aromatic carbocycles. The lowest BCUT2D eigenvalue weighted by Crippen LogP contribution is -2.47. The lowest BCUT2D eigenvalue weighted by Gasteiger charge is -2.39. The molecule has 0 atom stereocenters. The van der Waals surface area contributed by atoms with Gasteiger partial charge in [0.1, 0.15) is 23.6 Å². The molecule has 0 radical (unpaired) electrons. The van der Waals surface area contributed by atoms with Gasteiger partial charge >= 0.3 is 5.97 Å². The van der Waals surface area contributed by atoms with E-state index in [0.717, 1.165) is 24.2 Å². The van der Waals surface area contributed by atoms with Crippen LogP contribution in [0.2, 0.25) is 0 Å². The number of piperidine rings is 1. The van der Waals surface area contributed by atoms with Gasteiger partial charge in [0, 0.05) is 37.4 Å². The van der Waals surface area contributed by atoms with Gasteiger partial charge in [0.2, 0.25) is 0 Å². The minimum atomic E-state index is -0.947. The number of benzene rings is 2. The van der Waals surface area contributed by atoms with E-state index in [-0.39, 0.29) is 18.4 Å². The van der Waals surface area contributed by atoms with Crippen molar-refractivity contribution in [3.8, 4) is 5.75 Å². The molecule has 1 fully saturated rings. The number of ether oxygens (including phenoxy) is 1. The molecule has 174 valence electrons. The van der Waals surface area contributed by atoms with Crippen LogP contribution in [0.3, 0.4) is 0 Å². The highest BCUT2D eigenvalue weighted by Crippen LogP contribution is 2.35. The Bertz CT molecular complexity index is 1060. The van der Waals surface area contributed by atoms with Crippen LogP contribution in [0.25, 0.3) is 0 Å². The van der Waals surface area contributed by atoms with Crippen molar-refractivity contribution in [2.45, 2.75) is 25.8 Å². The average Bonchev–Trinajstić information content (AvgIpc) is 2.82. The Morgan fingerprint density at radius 1 is 1.03 bits per heavy atom. The van der Waals surface area contributed by atoms with Crippen molar-refractivity contribution in [1.29, 1.82) is 10.8 Å². The molecule has 9 nitrogen and oxygen atoms in total. The van der Waals surface area contributed by atoms with E-state index in [1.807, 2.05) is 47.4 Å². The van der Waals surface area contributed by atoms with Gasteiger partial charge in [0.25, 0.3) is 0 Å². The van der Waals surface area contributed by atoms with E-state index in [4.69, 9.17) is 27.0 Å². The van der Waals surface area contributed by atoms with E-state index in [0.29, 0.717) is 43.8 Å². The molecule has 2 aliphatic heterocycles. The Balaban J connectivity index is 1.41. The summed E-state index contributed by atoms with van der Waals surface area (Å²) in [6, 6.07) is 13.3. The second-order valence-corrected chi connectivity index (χ2v) is 8.81. The highest BCUT2D eigenvalue weighted by atomic mass is 16.5. The van der Waals surface area contributed by atoms with Crippen LogP contribution in [0.5, 0.6) is 5.75 Å². The van der Waals surface area contributed by atoms with Crippen molar-refractivity contribution in [3.63, 3.8) is 0 Å². The summed E-state index contributed by atoms with van der Waals surface area (Å²) in [6.07, 6.45) is 1.76. The maximum atomic E-state index is 12.2. The third-order valence-electron chi connectivity index (χ3n) is 6.76. The molecular formula is C24H30N6O3. The number of amidine groups is 1. The Hall–Kier alpha value is -3.75. The third-order valence-corrected chi connectivity index (χ3v) is 6.76. The zero-order valence-electron chi connectivity index (χ0n) is 18.5. The number of carbonyl (C=O) groups is 1. The highest BCUT2D eigenvalue weighted by Gasteiger charge is 2.42. The summed E-state index contributed by atoms with van der Waals surface area (Å²) in [5.41, 5.74) is 14.1. The van der Waals surface area contributed by atoms with Crippen LogP contribution in [-0.2, 0) is 17.8 Å². The molecule has 0 amide bonds. The summed E-state index contributed by atoms with van der Waals surface area (Å²) >= 11 is 0. The first-order valence-electron chi connectivity index (χ1n) is 11.0. The second-order valence-electron chi connectivity index (χ2n) is 8.81. The van der Waals surface area contributed by atoms with Crippen LogP contribution in [0.1, 0.15) is 29.5 Å². The summed E-state index contributed by atoms with van der Waals surface area (Å²) < 4.78 is 6.01. The number of fused-ring (bicyclic) bond motifs is 1. The van der Waals surface area contributed by atoms with Gasteiger partial charge in [-0.25, -0.2) is 0 Å². The summed E-state index contributed by atoms with van der Waals surface area (Å²) in [6.45, 7) is 2.59. The third kappa shape index (κ3) is 4.72. The Kier molecular flexibility index (Phi) is 6.13. The molecule has 9 heteroatoms. The van der Waals surface area contributed by atoms with Gasteiger partial charge in [0.05, 0.1) is 0 Å². The highest BCUT2D eigenvalue weighted by molar-refractivity contribution is 5.95. The lowest BCUT2D eigenvalue weighted by molar-refractivity contribution is -0.152. The first-order chi connectivity index (χ1) is 15.8. The summed E-state index contributed by atoms with van der Waals surface area (Å²) in [5, 5.41) is 25.2. The van der Waals surface area contributed by atoms with Gasteiger partial charge in [-0.2, -0.15) is 0 Å². The molecule has 2 aliphatic rings. The van der Waals surface area contributed by atoms with Crippen molar-refractivity contribution in [2.24, 2.45) is 16.9 Å². The van der Waals surface area contributed by atoms with Gasteiger partial charge in [-0.1, -0.05) is 6.07 Å². The topological polar surface area (TPSA) is 153 Å².